The highest BCUT2D eigenvalue weighted by atomic mass is 33.1. The Labute approximate surface area is 167 Å². The summed E-state index contributed by atoms with van der Waals surface area (Å²) in [6.07, 6.45) is 0. The second-order valence-electron chi connectivity index (χ2n) is 7.24. The van der Waals surface area contributed by atoms with Gasteiger partial charge in [-0.2, -0.15) is 4.94 Å². The van der Waals surface area contributed by atoms with Crippen molar-refractivity contribution in [3.63, 3.8) is 0 Å². The summed E-state index contributed by atoms with van der Waals surface area (Å²) in [5.74, 6) is 1.39. The predicted octanol–water partition coefficient (Wildman–Crippen LogP) is 5.69. The lowest BCUT2D eigenvalue weighted by molar-refractivity contribution is -0.170. The van der Waals surface area contributed by atoms with Crippen molar-refractivity contribution < 1.29 is 24.0 Å². The fourth-order valence-electron chi connectivity index (χ4n) is 2.05. The molecule has 1 N–H and O–H groups in total. The smallest absolute Gasteiger partial charge is 0.130 e. The number of aliphatic hydroxyl groups excluding tert-OH is 1. The Kier molecular flexibility index (Phi) is 7.85. The van der Waals surface area contributed by atoms with Gasteiger partial charge in [0.1, 0.15) is 29.3 Å². The Hall–Kier alpha value is -1.41. The van der Waals surface area contributed by atoms with Crippen molar-refractivity contribution >= 4 is 21.6 Å². The first kappa shape index (κ1) is 21.9. The van der Waals surface area contributed by atoms with E-state index in [1.54, 1.807) is 35.4 Å². The maximum atomic E-state index is 12.0. The van der Waals surface area contributed by atoms with Crippen LogP contribution in [0.15, 0.2) is 58.3 Å². The van der Waals surface area contributed by atoms with Crippen molar-refractivity contribution in [3.8, 4) is 11.5 Å². The van der Waals surface area contributed by atoms with Gasteiger partial charge in [0.05, 0.1) is 6.61 Å². The molecule has 2 rings (SSSR count). The number of benzene rings is 2. The quantitative estimate of drug-likeness (QED) is 0.506. The van der Waals surface area contributed by atoms with Crippen LogP contribution in [0.2, 0.25) is 0 Å². The largest absolute Gasteiger partial charge is 0.485 e. The van der Waals surface area contributed by atoms with Crippen molar-refractivity contribution in [2.75, 3.05) is 13.2 Å². The lowest BCUT2D eigenvalue weighted by Crippen LogP contribution is -2.32. The average Bonchev–Trinajstić information content (AvgIpc) is 2.62. The van der Waals surface area contributed by atoms with Gasteiger partial charge in [-0.25, -0.2) is 0 Å². The molecule has 0 spiro atoms. The molecule has 0 aliphatic carbocycles. The number of hydrogen-bond acceptors (Lipinski definition) is 6. The molecule has 0 heterocycles. The number of ether oxygens (including phenoxy) is 2. The van der Waals surface area contributed by atoms with Crippen LogP contribution in [0.3, 0.4) is 0 Å². The summed E-state index contributed by atoms with van der Waals surface area (Å²) in [5.41, 5.74) is -1.33. The third kappa shape index (κ3) is 7.62. The molecule has 0 radical (unpaired) electrons. The van der Waals surface area contributed by atoms with Crippen LogP contribution >= 0.6 is 21.6 Å². The van der Waals surface area contributed by atoms with Gasteiger partial charge >= 0.3 is 0 Å². The summed E-state index contributed by atoms with van der Waals surface area (Å²) >= 11 is 0. The van der Waals surface area contributed by atoms with E-state index in [0.717, 1.165) is 15.5 Å². The summed E-state index contributed by atoms with van der Waals surface area (Å²) in [5, 5.41) is 9.26. The van der Waals surface area contributed by atoms with Crippen molar-refractivity contribution in [1.82, 2.24) is 0 Å². The minimum atomic E-state index is -0.730. The van der Waals surface area contributed by atoms with Crippen LogP contribution in [0.4, 0.5) is 4.53 Å². The van der Waals surface area contributed by atoms with E-state index in [-0.39, 0.29) is 13.2 Å². The van der Waals surface area contributed by atoms with E-state index < -0.39 is 11.2 Å². The highest BCUT2D eigenvalue weighted by Gasteiger charge is 2.21. The van der Waals surface area contributed by atoms with E-state index in [1.165, 1.54) is 0 Å². The number of halogens is 1. The van der Waals surface area contributed by atoms with Crippen LogP contribution in [0.5, 0.6) is 11.5 Å². The first-order chi connectivity index (χ1) is 12.7. The first-order valence-electron chi connectivity index (χ1n) is 8.50. The highest BCUT2D eigenvalue weighted by molar-refractivity contribution is 8.76. The lowest BCUT2D eigenvalue weighted by Gasteiger charge is -2.24. The summed E-state index contributed by atoms with van der Waals surface area (Å²) < 4.78 is 23.5. The highest BCUT2D eigenvalue weighted by Crippen LogP contribution is 2.38. The van der Waals surface area contributed by atoms with E-state index >= 15 is 0 Å². The maximum Gasteiger partial charge on any atom is 0.130 e. The zero-order valence-electron chi connectivity index (χ0n) is 15.9. The predicted molar refractivity (Wildman–Crippen MR) is 108 cm³/mol. The van der Waals surface area contributed by atoms with Gasteiger partial charge < -0.3 is 14.6 Å². The molecule has 0 bridgehead atoms. The average molecular weight is 413 g/mol. The molecule has 148 valence electrons. The molecule has 0 aromatic heterocycles. The van der Waals surface area contributed by atoms with Crippen LogP contribution < -0.4 is 9.47 Å². The van der Waals surface area contributed by atoms with Crippen molar-refractivity contribution in [1.29, 1.82) is 0 Å². The van der Waals surface area contributed by atoms with Crippen LogP contribution in [0.25, 0.3) is 0 Å². The zero-order chi connectivity index (χ0) is 19.9. The molecule has 2 aromatic rings. The molecule has 0 amide bonds. The Balaban J connectivity index is 1.87. The third-order valence-electron chi connectivity index (χ3n) is 3.45. The van der Waals surface area contributed by atoms with Crippen LogP contribution in [-0.2, 0) is 4.94 Å². The van der Waals surface area contributed by atoms with E-state index in [2.05, 4.69) is 4.94 Å². The van der Waals surface area contributed by atoms with E-state index in [9.17, 15) is 9.63 Å². The lowest BCUT2D eigenvalue weighted by atomic mass is 10.1. The number of hydrogen-bond donors (Lipinski definition) is 1. The van der Waals surface area contributed by atoms with Gasteiger partial charge in [-0.3, -0.25) is 0 Å². The van der Waals surface area contributed by atoms with Crippen molar-refractivity contribution in [2.24, 2.45) is 0 Å². The number of rotatable bonds is 10. The minimum Gasteiger partial charge on any atom is -0.485 e. The monoisotopic (exact) mass is 412 g/mol. The standard InChI is InChI=1S/C20H25FO4S2/c1-19(2,13-22)24-15-5-9-17(10-6-15)26-27-18-11-7-16(8-12-18)25-20(3,4)14-23-21/h5-12,22H,13-14H2,1-4H3. The zero-order valence-corrected chi connectivity index (χ0v) is 17.5. The van der Waals surface area contributed by atoms with Gasteiger partial charge in [-0.1, -0.05) is 21.6 Å². The van der Waals surface area contributed by atoms with E-state index in [4.69, 9.17) is 9.47 Å². The van der Waals surface area contributed by atoms with E-state index in [1.807, 2.05) is 62.4 Å². The van der Waals surface area contributed by atoms with Gasteiger partial charge in [-0.15, -0.1) is 0 Å². The Morgan fingerprint density at radius 2 is 1.19 bits per heavy atom. The summed E-state index contributed by atoms with van der Waals surface area (Å²) in [6.45, 7) is 7.03. The Bertz CT molecular complexity index is 703. The fraction of sp³-hybridized carbons (Fsp3) is 0.400. The second-order valence-corrected chi connectivity index (χ2v) is 9.52. The summed E-state index contributed by atoms with van der Waals surface area (Å²) in [6, 6.07) is 15.4. The third-order valence-corrected chi connectivity index (χ3v) is 5.87. The number of aliphatic hydroxyl groups is 1. The SMILES string of the molecule is CC(C)(CO)Oc1ccc(SSc2ccc(OC(C)(C)COF)cc2)cc1. The topological polar surface area (TPSA) is 47.9 Å². The maximum absolute atomic E-state index is 12.0. The Morgan fingerprint density at radius 1 is 0.778 bits per heavy atom. The Morgan fingerprint density at radius 3 is 1.56 bits per heavy atom. The summed E-state index contributed by atoms with van der Waals surface area (Å²) in [4.78, 5) is 5.85. The molecule has 0 saturated heterocycles. The van der Waals surface area contributed by atoms with Gasteiger partial charge in [-0.05, 0) is 80.8 Å². The normalized spacial score (nSPS) is 12.1. The molecule has 0 fully saturated rings. The molecule has 7 heteroatoms. The fourth-order valence-corrected chi connectivity index (χ4v) is 3.98. The van der Waals surface area contributed by atoms with Crippen molar-refractivity contribution in [2.45, 2.75) is 48.7 Å². The van der Waals surface area contributed by atoms with E-state index in [0.29, 0.717) is 5.75 Å². The molecule has 0 atom stereocenters. The molecular weight excluding hydrogens is 387 g/mol. The second kappa shape index (κ2) is 9.68. The van der Waals surface area contributed by atoms with Crippen LogP contribution in [0.1, 0.15) is 27.7 Å². The van der Waals surface area contributed by atoms with Gasteiger partial charge in [0.15, 0.2) is 0 Å². The van der Waals surface area contributed by atoms with Gasteiger partial charge in [0.2, 0.25) is 0 Å². The van der Waals surface area contributed by atoms with Crippen LogP contribution in [0, 0.1) is 0 Å². The molecule has 0 saturated carbocycles. The molecule has 2 aromatic carbocycles. The molecule has 0 aliphatic rings. The van der Waals surface area contributed by atoms with Gasteiger partial charge in [0, 0.05) is 9.79 Å². The molecular formula is C20H25FO4S2. The summed E-state index contributed by atoms with van der Waals surface area (Å²) in [7, 11) is 3.26. The minimum absolute atomic E-state index is 0.0446. The molecule has 27 heavy (non-hydrogen) atoms. The van der Waals surface area contributed by atoms with Gasteiger partial charge in [0.25, 0.3) is 0 Å². The molecule has 4 nitrogen and oxygen atoms in total. The molecule has 0 unspecified atom stereocenters. The van der Waals surface area contributed by atoms with Crippen LogP contribution in [-0.4, -0.2) is 29.5 Å². The first-order valence-corrected chi connectivity index (χ1v) is 10.7. The van der Waals surface area contributed by atoms with Crippen molar-refractivity contribution in [3.05, 3.63) is 48.5 Å². The molecule has 0 aliphatic heterocycles.